The maximum Gasteiger partial charge on any atom is 0.161 e. The minimum absolute atomic E-state index is 0.694. The predicted octanol–water partition coefficient (Wildman–Crippen LogP) is 30.1. The van der Waals surface area contributed by atoms with Gasteiger partial charge in [-0.2, -0.15) is 0 Å². The maximum absolute atomic E-state index is 5.31. The lowest BCUT2D eigenvalue weighted by atomic mass is 9.96. The van der Waals surface area contributed by atoms with Gasteiger partial charge in [-0.3, -0.25) is 0 Å². The Bertz CT molecular complexity index is 8120. The number of hydrogen-bond acceptors (Lipinski definition) is 3. The molecule has 0 aliphatic rings. The van der Waals surface area contributed by atoms with Crippen LogP contribution in [-0.4, -0.2) is 33.2 Å². The highest BCUT2D eigenvalue weighted by Crippen LogP contribution is 2.46. The van der Waals surface area contributed by atoms with Crippen LogP contribution in [-0.2, 0) is 0 Å². The molecule has 0 aliphatic carbocycles. The number of nitrogens with zero attached hydrogens (tertiary/aromatic N) is 7. The third kappa shape index (κ3) is 12.3. The molecular weight excluding hydrogens is 1480 g/mol. The Balaban J connectivity index is 0.000000142. The highest BCUT2D eigenvalue weighted by molar-refractivity contribution is 6.28. The number of hydrogen-bond donors (Lipinski definition) is 0. The van der Waals surface area contributed by atoms with E-state index in [9.17, 15) is 0 Å². The first kappa shape index (κ1) is 71.0. The number of pyridine rings is 1. The Morgan fingerprint density at radius 3 is 1.04 bits per heavy atom. The van der Waals surface area contributed by atoms with Crippen LogP contribution in [0, 0.1) is 0 Å². The van der Waals surface area contributed by atoms with Crippen molar-refractivity contribution >= 4 is 98.0 Å². The monoisotopic (exact) mass is 1550 g/mol. The minimum Gasteiger partial charge on any atom is -0.309 e. The van der Waals surface area contributed by atoms with Crippen molar-refractivity contribution < 1.29 is 0 Å². The molecule has 0 aliphatic heterocycles. The molecule has 0 saturated carbocycles. The predicted molar refractivity (Wildman–Crippen MR) is 510 cm³/mol. The smallest absolute Gasteiger partial charge is 0.161 e. The van der Waals surface area contributed by atoms with Gasteiger partial charge in [0.15, 0.2) is 5.82 Å². The molecular formula is C115H75N7. The van der Waals surface area contributed by atoms with Gasteiger partial charge in [0, 0.05) is 93.7 Å². The lowest BCUT2D eigenvalue weighted by molar-refractivity contribution is 1.17. The first-order valence-corrected chi connectivity index (χ1v) is 41.6. The summed E-state index contributed by atoms with van der Waals surface area (Å²) >= 11 is 0. The van der Waals surface area contributed by atoms with Gasteiger partial charge in [0.1, 0.15) is 0 Å². The van der Waals surface area contributed by atoms with E-state index in [1.54, 1.807) is 0 Å². The molecule has 18 aromatic carbocycles. The Morgan fingerprint density at radius 2 is 0.500 bits per heavy atom. The molecule has 6 aromatic heterocycles. The zero-order valence-corrected chi connectivity index (χ0v) is 66.4. The van der Waals surface area contributed by atoms with Crippen molar-refractivity contribution in [1.82, 2.24) is 33.2 Å². The molecule has 24 aromatic rings. The van der Waals surface area contributed by atoms with Gasteiger partial charge in [-0.25, -0.2) is 15.0 Å². The van der Waals surface area contributed by atoms with Gasteiger partial charge in [-0.15, -0.1) is 0 Å². The molecule has 0 N–H and O–H groups in total. The quantitative estimate of drug-likeness (QED) is 0.116. The fraction of sp³-hybridized carbons (Fsp3) is 0. The van der Waals surface area contributed by atoms with Crippen molar-refractivity contribution in [1.29, 1.82) is 0 Å². The molecule has 0 fully saturated rings. The lowest BCUT2D eigenvalue weighted by Gasteiger charge is -2.14. The summed E-state index contributed by atoms with van der Waals surface area (Å²) < 4.78 is 9.71. The number of aromatic nitrogens is 7. The van der Waals surface area contributed by atoms with Gasteiger partial charge in [-0.05, 0) is 164 Å². The van der Waals surface area contributed by atoms with Crippen LogP contribution in [0.25, 0.3) is 222 Å². The highest BCUT2D eigenvalue weighted by Gasteiger charge is 2.25. The van der Waals surface area contributed by atoms with E-state index in [-0.39, 0.29) is 0 Å². The number of benzene rings is 18. The normalized spacial score (nSPS) is 11.6. The number of rotatable bonds is 13. The molecule has 0 spiro atoms. The molecule has 24 rings (SSSR count). The highest BCUT2D eigenvalue weighted by atomic mass is 15.0. The average molecular weight is 1550 g/mol. The van der Waals surface area contributed by atoms with E-state index in [2.05, 4.69) is 467 Å². The first-order valence-electron chi connectivity index (χ1n) is 41.6. The second kappa shape index (κ2) is 30.0. The van der Waals surface area contributed by atoms with E-state index in [1.807, 2.05) is 6.07 Å². The average Bonchev–Trinajstić information content (AvgIpc) is 1.55. The zero-order valence-electron chi connectivity index (χ0n) is 66.4. The summed E-state index contributed by atoms with van der Waals surface area (Å²) in [7, 11) is 0. The summed E-state index contributed by atoms with van der Waals surface area (Å²) in [6.45, 7) is 0. The summed E-state index contributed by atoms with van der Waals surface area (Å²) in [5.41, 5.74) is 32.3. The van der Waals surface area contributed by atoms with E-state index in [0.29, 0.717) is 5.82 Å². The molecule has 570 valence electrons. The van der Waals surface area contributed by atoms with E-state index in [0.717, 1.165) is 107 Å². The maximum atomic E-state index is 5.31. The fourth-order valence-corrected chi connectivity index (χ4v) is 18.6. The summed E-state index contributed by atoms with van der Waals surface area (Å²) in [4.78, 5) is 15.8. The molecule has 0 unspecified atom stereocenters. The van der Waals surface area contributed by atoms with E-state index in [1.165, 1.54) is 109 Å². The molecule has 7 nitrogen and oxygen atoms in total. The second-order valence-electron chi connectivity index (χ2n) is 31.3. The van der Waals surface area contributed by atoms with Gasteiger partial charge < -0.3 is 18.3 Å². The topological polar surface area (TPSA) is 58.4 Å². The Labute approximate surface area is 705 Å². The van der Waals surface area contributed by atoms with Crippen LogP contribution in [0.3, 0.4) is 0 Å². The molecule has 0 saturated heterocycles. The van der Waals surface area contributed by atoms with Crippen LogP contribution in [0.2, 0.25) is 0 Å². The van der Waals surface area contributed by atoms with Crippen LogP contribution < -0.4 is 0 Å². The van der Waals surface area contributed by atoms with Crippen molar-refractivity contribution in [3.8, 4) is 124 Å². The molecule has 0 amide bonds. The standard InChI is InChI=1S/C59H39N3.C56H36N4/c1-4-15-40(16-5-1)41-27-29-43(30-28-41)47-38-53(44-17-6-2-7-18-44)60-54(39-47)46-20-14-19-45(37-46)42-31-33-49(34-32-42)61-56-26-13-11-24-52(56)58-57(61)36-35-51-50-23-10-12-25-55(50)62(59(51)58)48-21-8-3-9-22-48;1-3-17-39(18-4-1)49-36-50(44-27-15-19-37-16-7-8-22-42(37)44)58-56(57-49)47-25-10-9-23-43(47)38-30-32-41(33-31-38)59-52-29-14-12-26-48(52)54-53(59)35-34-46-45-24-11-13-28-51(45)60(55(46)54)40-20-5-2-6-21-40/h1-39H;1-36H. The SMILES string of the molecule is c1ccc(-c2cc(-c3cccc4ccccc34)nc(-c3ccccc3-c3ccc(-n4c5ccccc5c5c4ccc4c6ccccc6n(-c6ccccc6)c45)cc3)n2)cc1.c1ccc(-c2ccc(-c3cc(-c4ccccc4)nc(-c4cccc(-c5ccc(-n6c7ccccc7c7c6ccc6c8ccccc8n(-c8ccccc8)c67)cc5)c4)c3)cc2)cc1. The van der Waals surface area contributed by atoms with Crippen molar-refractivity contribution in [3.05, 3.63) is 455 Å². The third-order valence-electron chi connectivity index (χ3n) is 24.3. The number of para-hydroxylation sites is 6. The second-order valence-corrected chi connectivity index (χ2v) is 31.3. The van der Waals surface area contributed by atoms with Crippen LogP contribution in [0.1, 0.15) is 0 Å². The summed E-state index contributed by atoms with van der Waals surface area (Å²) in [6.07, 6.45) is 0. The van der Waals surface area contributed by atoms with Crippen molar-refractivity contribution in [2.75, 3.05) is 0 Å². The van der Waals surface area contributed by atoms with Crippen LogP contribution in [0.15, 0.2) is 455 Å². The van der Waals surface area contributed by atoms with Gasteiger partial charge in [-0.1, -0.05) is 346 Å². The molecule has 0 bridgehead atoms. The summed E-state index contributed by atoms with van der Waals surface area (Å²) in [5.74, 6) is 0.694. The van der Waals surface area contributed by atoms with Gasteiger partial charge in [0.05, 0.1) is 66.9 Å². The molecule has 0 atom stereocenters. The van der Waals surface area contributed by atoms with E-state index >= 15 is 0 Å². The Kier molecular flexibility index (Phi) is 17.4. The molecule has 122 heavy (non-hydrogen) atoms. The van der Waals surface area contributed by atoms with E-state index in [4.69, 9.17) is 15.0 Å². The lowest BCUT2D eigenvalue weighted by Crippen LogP contribution is -1.98. The van der Waals surface area contributed by atoms with E-state index < -0.39 is 0 Å². The Morgan fingerprint density at radius 1 is 0.156 bits per heavy atom. The van der Waals surface area contributed by atoms with Crippen molar-refractivity contribution in [2.45, 2.75) is 0 Å². The van der Waals surface area contributed by atoms with Crippen molar-refractivity contribution in [2.24, 2.45) is 0 Å². The minimum atomic E-state index is 0.694. The number of fused-ring (bicyclic) bond motifs is 15. The summed E-state index contributed by atoms with van der Waals surface area (Å²) in [5, 5.41) is 12.3. The van der Waals surface area contributed by atoms with Crippen LogP contribution in [0.5, 0.6) is 0 Å². The Hall–Kier alpha value is -16.4. The van der Waals surface area contributed by atoms with Gasteiger partial charge >= 0.3 is 0 Å². The van der Waals surface area contributed by atoms with Crippen LogP contribution >= 0.6 is 0 Å². The third-order valence-corrected chi connectivity index (χ3v) is 24.3. The zero-order chi connectivity index (χ0) is 80.6. The fourth-order valence-electron chi connectivity index (χ4n) is 18.6. The van der Waals surface area contributed by atoms with Crippen LogP contribution in [0.4, 0.5) is 0 Å². The molecule has 7 heteroatoms. The summed E-state index contributed by atoms with van der Waals surface area (Å²) in [6, 6.07) is 163. The first-order chi connectivity index (χ1) is 60.5. The van der Waals surface area contributed by atoms with Gasteiger partial charge in [0.25, 0.3) is 0 Å². The largest absolute Gasteiger partial charge is 0.309 e. The molecule has 6 heterocycles. The molecule has 0 radical (unpaired) electrons. The van der Waals surface area contributed by atoms with Gasteiger partial charge in [0.2, 0.25) is 0 Å². The van der Waals surface area contributed by atoms with Crippen molar-refractivity contribution in [3.63, 3.8) is 0 Å².